The second-order valence-corrected chi connectivity index (χ2v) is 16.0. The molecule has 6 heteroatoms. The van der Waals surface area contributed by atoms with Crippen LogP contribution in [0.1, 0.15) is 233 Å². The van der Waals surface area contributed by atoms with E-state index in [4.69, 9.17) is 14.2 Å². The largest absolute Gasteiger partial charge is 0.466 e. The Hall–Kier alpha value is -1.59. The van der Waals surface area contributed by atoms with Gasteiger partial charge in [-0.25, -0.2) is 0 Å². The zero-order valence-electron chi connectivity index (χ0n) is 34.1. The van der Waals surface area contributed by atoms with Crippen LogP contribution in [0.15, 0.2) is 0 Å². The Kier molecular flexibility index (Phi) is 33.0. The summed E-state index contributed by atoms with van der Waals surface area (Å²) in [6.45, 7) is 8.34. The minimum absolute atomic E-state index is 0.0781. The Morgan fingerprint density at radius 1 is 0.353 bits per heavy atom. The van der Waals surface area contributed by atoms with Crippen LogP contribution in [-0.2, 0) is 28.6 Å². The third-order valence-electron chi connectivity index (χ3n) is 11.1. The average Bonchev–Trinajstić information content (AvgIpc) is 3.13. The van der Waals surface area contributed by atoms with Crippen LogP contribution in [-0.4, -0.2) is 37.7 Å². The van der Waals surface area contributed by atoms with E-state index in [1.54, 1.807) is 0 Å². The normalized spacial score (nSPS) is 17.4. The number of hydrogen-bond donors (Lipinski definition) is 0. The lowest BCUT2D eigenvalue weighted by atomic mass is 9.71. The summed E-state index contributed by atoms with van der Waals surface area (Å²) in [7, 11) is 0. The standard InChI is InChI=1S/C45H84O6/c1-4-7-10-13-16-19-22-25-34-49-43(46)31-28-40-37-41(29-32-44(47)50-35-26-23-20-17-14-11-8-5-2)39-42(38-40)30-33-45(48)51-36-27-24-21-18-15-12-9-6-3/h40-42H,4-39H2,1-3H3. The van der Waals surface area contributed by atoms with Gasteiger partial charge in [-0.05, 0) is 75.5 Å². The second-order valence-electron chi connectivity index (χ2n) is 16.0. The second kappa shape index (κ2) is 35.4. The van der Waals surface area contributed by atoms with E-state index >= 15 is 0 Å². The van der Waals surface area contributed by atoms with Gasteiger partial charge in [-0.15, -0.1) is 0 Å². The van der Waals surface area contributed by atoms with Crippen LogP contribution < -0.4 is 0 Å². The van der Waals surface area contributed by atoms with E-state index in [0.29, 0.717) is 56.8 Å². The lowest BCUT2D eigenvalue weighted by Gasteiger charge is -2.35. The zero-order chi connectivity index (χ0) is 37.0. The van der Waals surface area contributed by atoms with Crippen molar-refractivity contribution in [3.63, 3.8) is 0 Å². The molecule has 0 unspecified atom stereocenters. The fourth-order valence-electron chi connectivity index (χ4n) is 7.86. The Balaban J connectivity index is 2.41. The van der Waals surface area contributed by atoms with Crippen LogP contribution in [0.25, 0.3) is 0 Å². The molecule has 0 heterocycles. The SMILES string of the molecule is CCCCCCCCCCOC(=O)CCC1CC(CCC(=O)OCCCCCCCCCC)CC(CCC(=O)OCCCCCCCCCC)C1. The van der Waals surface area contributed by atoms with Gasteiger partial charge in [0.1, 0.15) is 0 Å². The van der Waals surface area contributed by atoms with Crippen molar-refractivity contribution in [2.24, 2.45) is 17.8 Å². The van der Waals surface area contributed by atoms with Crippen LogP contribution >= 0.6 is 0 Å². The highest BCUT2D eigenvalue weighted by atomic mass is 16.5. The van der Waals surface area contributed by atoms with E-state index < -0.39 is 0 Å². The van der Waals surface area contributed by atoms with E-state index in [9.17, 15) is 14.4 Å². The third-order valence-corrected chi connectivity index (χ3v) is 11.1. The summed E-state index contributed by atoms with van der Waals surface area (Å²) >= 11 is 0. The summed E-state index contributed by atoms with van der Waals surface area (Å²) in [5.41, 5.74) is 0. The van der Waals surface area contributed by atoms with Gasteiger partial charge in [0.05, 0.1) is 19.8 Å². The molecule has 6 nitrogen and oxygen atoms in total. The van der Waals surface area contributed by atoms with Crippen molar-refractivity contribution >= 4 is 17.9 Å². The van der Waals surface area contributed by atoms with Crippen LogP contribution in [0.3, 0.4) is 0 Å². The zero-order valence-corrected chi connectivity index (χ0v) is 34.1. The minimum atomic E-state index is -0.0781. The molecular formula is C45H84O6. The van der Waals surface area contributed by atoms with Crippen molar-refractivity contribution in [3.05, 3.63) is 0 Å². The predicted octanol–water partition coefficient (Wildman–Crippen LogP) is 13.4. The predicted molar refractivity (Wildman–Crippen MR) is 213 cm³/mol. The number of carbonyl (C=O) groups excluding carboxylic acids is 3. The lowest BCUT2D eigenvalue weighted by molar-refractivity contribution is -0.144. The maximum absolute atomic E-state index is 12.6. The van der Waals surface area contributed by atoms with Gasteiger partial charge in [0.15, 0.2) is 0 Å². The van der Waals surface area contributed by atoms with E-state index in [1.165, 1.54) is 116 Å². The molecule has 0 saturated heterocycles. The van der Waals surface area contributed by atoms with Crippen molar-refractivity contribution in [2.45, 2.75) is 233 Å². The molecule has 51 heavy (non-hydrogen) atoms. The van der Waals surface area contributed by atoms with Crippen molar-refractivity contribution in [1.82, 2.24) is 0 Å². The van der Waals surface area contributed by atoms with Crippen LogP contribution in [0.5, 0.6) is 0 Å². The maximum Gasteiger partial charge on any atom is 0.305 e. The first kappa shape index (κ1) is 47.4. The van der Waals surface area contributed by atoms with Gasteiger partial charge in [-0.3, -0.25) is 14.4 Å². The Labute approximate surface area is 316 Å². The molecule has 1 aliphatic rings. The molecule has 0 bridgehead atoms. The highest BCUT2D eigenvalue weighted by Crippen LogP contribution is 2.40. The molecule has 0 aromatic rings. The van der Waals surface area contributed by atoms with E-state index in [-0.39, 0.29) is 17.9 Å². The summed E-state index contributed by atoms with van der Waals surface area (Å²) < 4.78 is 16.8. The monoisotopic (exact) mass is 721 g/mol. The molecule has 0 amide bonds. The molecule has 1 fully saturated rings. The molecule has 0 atom stereocenters. The number of ether oxygens (including phenoxy) is 3. The Bertz CT molecular complexity index is 702. The maximum atomic E-state index is 12.6. The Morgan fingerprint density at radius 2 is 0.569 bits per heavy atom. The van der Waals surface area contributed by atoms with Gasteiger partial charge in [0, 0.05) is 19.3 Å². The third kappa shape index (κ3) is 30.6. The summed E-state index contributed by atoms with van der Waals surface area (Å²) in [4.78, 5) is 37.8. The van der Waals surface area contributed by atoms with E-state index in [0.717, 1.165) is 77.0 Å². The molecule has 0 spiro atoms. The van der Waals surface area contributed by atoms with Crippen LogP contribution in [0.2, 0.25) is 0 Å². The summed E-state index contributed by atoms with van der Waals surface area (Å²) in [6.07, 6.45) is 36.6. The van der Waals surface area contributed by atoms with Crippen LogP contribution in [0, 0.1) is 17.8 Å². The van der Waals surface area contributed by atoms with Gasteiger partial charge in [-0.2, -0.15) is 0 Å². The Morgan fingerprint density at radius 3 is 0.804 bits per heavy atom. The van der Waals surface area contributed by atoms with E-state index in [1.807, 2.05) is 0 Å². The molecule has 300 valence electrons. The topological polar surface area (TPSA) is 78.9 Å². The fourth-order valence-corrected chi connectivity index (χ4v) is 7.86. The first-order valence-corrected chi connectivity index (χ1v) is 22.4. The van der Waals surface area contributed by atoms with E-state index in [2.05, 4.69) is 20.8 Å². The average molecular weight is 721 g/mol. The number of unbranched alkanes of at least 4 members (excludes halogenated alkanes) is 21. The lowest BCUT2D eigenvalue weighted by Crippen LogP contribution is -2.25. The number of rotatable bonds is 36. The molecule has 1 saturated carbocycles. The molecular weight excluding hydrogens is 636 g/mol. The number of carbonyl (C=O) groups is 3. The highest BCUT2D eigenvalue weighted by Gasteiger charge is 2.30. The highest BCUT2D eigenvalue weighted by molar-refractivity contribution is 5.70. The summed E-state index contributed by atoms with van der Waals surface area (Å²) in [5, 5.41) is 0. The number of hydrogen-bond acceptors (Lipinski definition) is 6. The van der Waals surface area contributed by atoms with Gasteiger partial charge >= 0.3 is 17.9 Å². The minimum Gasteiger partial charge on any atom is -0.466 e. The molecule has 0 radical (unpaired) electrons. The quantitative estimate of drug-likeness (QED) is 0.0364. The smallest absolute Gasteiger partial charge is 0.305 e. The van der Waals surface area contributed by atoms with Gasteiger partial charge in [0.25, 0.3) is 0 Å². The van der Waals surface area contributed by atoms with Gasteiger partial charge < -0.3 is 14.2 Å². The molecule has 1 rings (SSSR count). The molecule has 0 aromatic heterocycles. The van der Waals surface area contributed by atoms with Crippen molar-refractivity contribution in [3.8, 4) is 0 Å². The molecule has 0 N–H and O–H groups in total. The van der Waals surface area contributed by atoms with Crippen molar-refractivity contribution in [1.29, 1.82) is 0 Å². The van der Waals surface area contributed by atoms with Crippen molar-refractivity contribution in [2.75, 3.05) is 19.8 Å². The van der Waals surface area contributed by atoms with Gasteiger partial charge in [0.2, 0.25) is 0 Å². The summed E-state index contributed by atoms with van der Waals surface area (Å²) in [6, 6.07) is 0. The first-order chi connectivity index (χ1) is 25.0. The molecule has 0 aromatic carbocycles. The molecule has 0 aliphatic heterocycles. The van der Waals surface area contributed by atoms with Crippen LogP contribution in [0.4, 0.5) is 0 Å². The summed E-state index contributed by atoms with van der Waals surface area (Å²) in [5.74, 6) is 1.03. The first-order valence-electron chi connectivity index (χ1n) is 22.4. The van der Waals surface area contributed by atoms with Gasteiger partial charge in [-0.1, -0.05) is 156 Å². The van der Waals surface area contributed by atoms with Crippen molar-refractivity contribution < 1.29 is 28.6 Å². The fraction of sp³-hybridized carbons (Fsp3) is 0.933. The number of esters is 3. The molecule has 1 aliphatic carbocycles.